The molecule has 3 aromatic rings. The summed E-state index contributed by atoms with van der Waals surface area (Å²) in [4.78, 5) is 72.3. The number of aliphatic hydroxyl groups is 1. The van der Waals surface area contributed by atoms with Gasteiger partial charge in [0.2, 0.25) is 29.6 Å². The predicted molar refractivity (Wildman–Crippen MR) is 212 cm³/mol. The molecule has 5 fully saturated rings. The second kappa shape index (κ2) is 16.3. The van der Waals surface area contributed by atoms with Crippen molar-refractivity contribution >= 4 is 64.1 Å². The van der Waals surface area contributed by atoms with Gasteiger partial charge < -0.3 is 30.4 Å². The third-order valence-corrected chi connectivity index (χ3v) is 12.5. The predicted octanol–water partition coefficient (Wildman–Crippen LogP) is 3.67. The molecule has 5 aliphatic rings. The summed E-state index contributed by atoms with van der Waals surface area (Å²) in [5.41, 5.74) is 2.96. The van der Waals surface area contributed by atoms with Crippen LogP contribution in [0.4, 0.5) is 28.8 Å². The maximum absolute atomic E-state index is 14.0. The zero-order valence-corrected chi connectivity index (χ0v) is 32.2. The van der Waals surface area contributed by atoms with E-state index in [1.54, 1.807) is 18.6 Å². The third-order valence-electron chi connectivity index (χ3n) is 12.2. The van der Waals surface area contributed by atoms with Crippen molar-refractivity contribution in [2.75, 3.05) is 72.8 Å². The number of imide groups is 1. The number of rotatable bonds is 9. The summed E-state index contributed by atoms with van der Waals surface area (Å²) in [5.74, 6) is 1.02. The normalized spacial score (nSPS) is 23.4. The smallest absolute Gasteiger partial charge is 0.249 e. The molecule has 1 spiro atoms. The largest absolute Gasteiger partial charge is 0.391 e. The summed E-state index contributed by atoms with van der Waals surface area (Å²) in [6.45, 7) is 5.01. The summed E-state index contributed by atoms with van der Waals surface area (Å²) >= 11 is 6.43. The number of carbonyl (C=O) groups excluding carboxylic acids is 4. The van der Waals surface area contributed by atoms with Gasteiger partial charge in [0.25, 0.3) is 0 Å². The van der Waals surface area contributed by atoms with Gasteiger partial charge in [-0.05, 0) is 94.1 Å². The highest BCUT2D eigenvalue weighted by atomic mass is 35.5. The minimum Gasteiger partial charge on any atom is -0.391 e. The van der Waals surface area contributed by atoms with Crippen LogP contribution in [0.15, 0.2) is 48.9 Å². The van der Waals surface area contributed by atoms with Gasteiger partial charge in [0.15, 0.2) is 5.82 Å². The molecule has 1 unspecified atom stereocenters. The molecule has 0 bridgehead atoms. The Kier molecular flexibility index (Phi) is 11.1. The maximum Gasteiger partial charge on any atom is 0.249 e. The first-order valence-corrected chi connectivity index (χ1v) is 20.2. The molecular weight excluding hydrogens is 736 g/mol. The Balaban J connectivity index is 0.800. The summed E-state index contributed by atoms with van der Waals surface area (Å²) in [6.07, 6.45) is 10.9. The molecule has 15 nitrogen and oxygen atoms in total. The molecule has 0 aliphatic carbocycles. The zero-order chi connectivity index (χ0) is 38.8. The minimum atomic E-state index is -0.487. The molecule has 2 aromatic heterocycles. The summed E-state index contributed by atoms with van der Waals surface area (Å²) in [5, 5.41) is 19.4. The van der Waals surface area contributed by atoms with Crippen molar-refractivity contribution in [1.82, 2.24) is 30.1 Å². The van der Waals surface area contributed by atoms with Crippen LogP contribution >= 0.6 is 11.6 Å². The van der Waals surface area contributed by atoms with Crippen LogP contribution in [-0.2, 0) is 19.2 Å². The number of aliphatic hydroxyl groups excluding tert-OH is 1. The fourth-order valence-corrected chi connectivity index (χ4v) is 9.09. The fourth-order valence-electron chi connectivity index (χ4n) is 8.87. The van der Waals surface area contributed by atoms with Gasteiger partial charge in [0.1, 0.15) is 11.1 Å². The van der Waals surface area contributed by atoms with Gasteiger partial charge in [0.05, 0.1) is 48.0 Å². The SMILES string of the molecule is O=C1CCC(Nc2ccc(C3CCN(CC(=O)N4CCC5(CC4)CCN(c4cncc(Nc6ncc(Cl)c(N7CCC[C@@H](O)C7)n6)c4)C5=O)CC3)cc2)C(=O)N1. The Hall–Kier alpha value is -4.86. The number of likely N-dealkylation sites (tertiary alicyclic amines) is 2. The Morgan fingerprint density at radius 3 is 2.45 bits per heavy atom. The lowest BCUT2D eigenvalue weighted by Gasteiger charge is -2.39. The lowest BCUT2D eigenvalue weighted by Crippen LogP contribution is -2.49. The lowest BCUT2D eigenvalue weighted by atomic mass is 9.77. The number of halogens is 1. The molecule has 0 radical (unpaired) electrons. The average molecular weight is 785 g/mol. The lowest BCUT2D eigenvalue weighted by molar-refractivity contribution is -0.138. The van der Waals surface area contributed by atoms with Crippen LogP contribution in [0.2, 0.25) is 5.02 Å². The van der Waals surface area contributed by atoms with Crippen LogP contribution in [0.5, 0.6) is 0 Å². The van der Waals surface area contributed by atoms with Gasteiger partial charge in [0, 0.05) is 44.8 Å². The number of benzene rings is 1. The van der Waals surface area contributed by atoms with E-state index in [4.69, 9.17) is 11.6 Å². The van der Waals surface area contributed by atoms with Gasteiger partial charge in [-0.2, -0.15) is 4.98 Å². The topological polar surface area (TPSA) is 176 Å². The van der Waals surface area contributed by atoms with E-state index in [0.29, 0.717) is 92.5 Å². The number of anilines is 5. The van der Waals surface area contributed by atoms with Crippen molar-refractivity contribution in [3.8, 4) is 0 Å². The van der Waals surface area contributed by atoms with Crippen molar-refractivity contribution in [3.05, 3.63) is 59.5 Å². The van der Waals surface area contributed by atoms with E-state index in [0.717, 1.165) is 57.4 Å². The van der Waals surface area contributed by atoms with Crippen molar-refractivity contribution in [2.24, 2.45) is 5.41 Å². The van der Waals surface area contributed by atoms with E-state index in [1.165, 1.54) is 5.56 Å². The standard InChI is InChI=1S/C40H49ClN10O5/c41-32-23-43-39(47-36(32)50-14-1-2-31(52)24-50)45-29-20-30(22-42-21-29)51-19-13-40(38(51)56)11-17-49(18-12-40)35(54)25-48-15-9-27(10-16-48)26-3-5-28(6-4-26)44-33-7-8-34(53)46-37(33)55/h3-6,20-23,27,31,33,44,52H,1-2,7-19,24-25H2,(H,43,45,47)(H,46,53,55)/t31-,33?/m1/s1. The van der Waals surface area contributed by atoms with Gasteiger partial charge in [-0.15, -0.1) is 0 Å². The first-order chi connectivity index (χ1) is 27.1. The number of amides is 4. The second-order valence-electron chi connectivity index (χ2n) is 15.9. The number of carbonyl (C=O) groups is 4. The van der Waals surface area contributed by atoms with Crippen molar-refractivity contribution in [2.45, 2.75) is 75.9 Å². The van der Waals surface area contributed by atoms with Gasteiger partial charge in [-0.25, -0.2) is 4.98 Å². The first kappa shape index (κ1) is 38.0. The number of nitrogens with zero attached hydrogens (tertiary/aromatic N) is 7. The molecule has 56 heavy (non-hydrogen) atoms. The monoisotopic (exact) mass is 784 g/mol. The van der Waals surface area contributed by atoms with Gasteiger partial charge >= 0.3 is 0 Å². The third kappa shape index (κ3) is 8.30. The van der Waals surface area contributed by atoms with E-state index in [2.05, 4.69) is 47.9 Å². The number of aromatic nitrogens is 3. The van der Waals surface area contributed by atoms with Gasteiger partial charge in [-0.3, -0.25) is 34.4 Å². The molecule has 1 aromatic carbocycles. The molecule has 7 heterocycles. The highest BCUT2D eigenvalue weighted by molar-refractivity contribution is 6.32. The molecule has 5 saturated heterocycles. The molecular formula is C40H49ClN10O5. The quantitative estimate of drug-likeness (QED) is 0.232. The highest BCUT2D eigenvalue weighted by Crippen LogP contribution is 2.43. The molecule has 2 atom stereocenters. The van der Waals surface area contributed by atoms with Crippen molar-refractivity contribution in [1.29, 1.82) is 0 Å². The van der Waals surface area contributed by atoms with Crippen LogP contribution in [0.3, 0.4) is 0 Å². The Bertz CT molecular complexity index is 1950. The Morgan fingerprint density at radius 2 is 1.70 bits per heavy atom. The van der Waals surface area contributed by atoms with E-state index in [-0.39, 0.29) is 23.6 Å². The van der Waals surface area contributed by atoms with Crippen LogP contribution in [-0.4, -0.2) is 118 Å². The summed E-state index contributed by atoms with van der Waals surface area (Å²) in [7, 11) is 0. The maximum atomic E-state index is 14.0. The van der Waals surface area contributed by atoms with Crippen LogP contribution < -0.4 is 25.8 Å². The number of nitrogens with one attached hydrogen (secondary N) is 3. The number of hydrogen-bond donors (Lipinski definition) is 4. The highest BCUT2D eigenvalue weighted by Gasteiger charge is 2.49. The van der Waals surface area contributed by atoms with Crippen LogP contribution in [0.25, 0.3) is 0 Å². The molecule has 5 aliphatic heterocycles. The molecule has 8 rings (SSSR count). The van der Waals surface area contributed by atoms with Crippen molar-refractivity contribution < 1.29 is 24.3 Å². The number of pyridine rings is 1. The Labute approximate surface area is 331 Å². The summed E-state index contributed by atoms with van der Waals surface area (Å²) < 4.78 is 0. The molecule has 0 saturated carbocycles. The van der Waals surface area contributed by atoms with Crippen LogP contribution in [0, 0.1) is 5.41 Å². The van der Waals surface area contributed by atoms with E-state index in [1.807, 2.05) is 32.9 Å². The van der Waals surface area contributed by atoms with Crippen molar-refractivity contribution in [3.63, 3.8) is 0 Å². The molecule has 4 amide bonds. The second-order valence-corrected chi connectivity index (χ2v) is 16.3. The van der Waals surface area contributed by atoms with Gasteiger partial charge in [-0.1, -0.05) is 23.7 Å². The fraction of sp³-hybridized carbons (Fsp3) is 0.525. The molecule has 296 valence electrons. The number of β-amino-alcohol motifs (C(OH)–C–C–N with tert-alkyl or cyclic N) is 1. The summed E-state index contributed by atoms with van der Waals surface area (Å²) in [6, 6.07) is 9.67. The molecule has 4 N–H and O–H groups in total. The molecule has 16 heteroatoms. The number of hydrogen-bond acceptors (Lipinski definition) is 12. The van der Waals surface area contributed by atoms with E-state index < -0.39 is 17.6 Å². The van der Waals surface area contributed by atoms with E-state index >= 15 is 0 Å². The number of piperidine rings is 4. The average Bonchev–Trinajstić information content (AvgIpc) is 3.51. The Morgan fingerprint density at radius 1 is 0.929 bits per heavy atom. The van der Waals surface area contributed by atoms with E-state index in [9.17, 15) is 24.3 Å². The zero-order valence-electron chi connectivity index (χ0n) is 31.5. The first-order valence-electron chi connectivity index (χ1n) is 19.8. The minimum absolute atomic E-state index is 0.0825. The van der Waals surface area contributed by atoms with Crippen LogP contribution in [0.1, 0.15) is 69.3 Å².